The van der Waals surface area contributed by atoms with Gasteiger partial charge < -0.3 is 10.4 Å². The maximum absolute atomic E-state index is 10.5. The number of aliphatic hydroxyl groups is 1. The topological polar surface area (TPSA) is 32.3 Å². The number of fused-ring (bicyclic) bond motifs is 1. The summed E-state index contributed by atoms with van der Waals surface area (Å²) in [5.41, 5.74) is 1.96. The fourth-order valence-electron chi connectivity index (χ4n) is 2.87. The highest BCUT2D eigenvalue weighted by Gasteiger charge is 2.16. The van der Waals surface area contributed by atoms with Crippen LogP contribution in [-0.2, 0) is 6.54 Å². The molecule has 2 atom stereocenters. The Labute approximate surface area is 164 Å². The van der Waals surface area contributed by atoms with Crippen molar-refractivity contribution in [3.63, 3.8) is 0 Å². The fraction of sp³-hybridized carbons (Fsp3) is 0.200. The molecule has 0 radical (unpaired) electrons. The van der Waals surface area contributed by atoms with Crippen LogP contribution in [0.4, 0.5) is 0 Å². The molecule has 0 aromatic heterocycles. The largest absolute Gasteiger partial charge is 0.387 e. The second-order valence-electron chi connectivity index (χ2n) is 5.89. The number of hydrogen-bond acceptors (Lipinski definition) is 2. The van der Waals surface area contributed by atoms with Crippen LogP contribution in [0.25, 0.3) is 10.8 Å². The van der Waals surface area contributed by atoms with Crippen molar-refractivity contribution in [2.24, 2.45) is 0 Å². The first kappa shape index (κ1) is 20.0. The van der Waals surface area contributed by atoms with E-state index in [-0.39, 0.29) is 18.4 Å². The van der Waals surface area contributed by atoms with Gasteiger partial charge in [-0.3, -0.25) is 0 Å². The second-order valence-corrected chi connectivity index (χ2v) is 6.71. The summed E-state index contributed by atoms with van der Waals surface area (Å²) in [7, 11) is 0. The minimum absolute atomic E-state index is 0. The van der Waals surface area contributed by atoms with Gasteiger partial charge in [0.2, 0.25) is 0 Å². The molecule has 25 heavy (non-hydrogen) atoms. The number of benzene rings is 3. The minimum Gasteiger partial charge on any atom is -0.387 e. The molecule has 132 valence electrons. The Bertz CT molecular complexity index is 839. The highest BCUT2D eigenvalue weighted by Crippen LogP contribution is 2.32. The van der Waals surface area contributed by atoms with Crippen molar-refractivity contribution >= 4 is 46.4 Å². The highest BCUT2D eigenvalue weighted by atomic mass is 35.5. The van der Waals surface area contributed by atoms with Crippen molar-refractivity contribution in [1.29, 1.82) is 0 Å². The third-order valence-electron chi connectivity index (χ3n) is 4.25. The van der Waals surface area contributed by atoms with Gasteiger partial charge in [0.15, 0.2) is 0 Å². The third kappa shape index (κ3) is 4.46. The predicted molar refractivity (Wildman–Crippen MR) is 109 cm³/mol. The molecule has 3 aromatic rings. The number of rotatable bonds is 5. The zero-order chi connectivity index (χ0) is 17.1. The Morgan fingerprint density at radius 3 is 2.32 bits per heavy atom. The molecule has 0 spiro atoms. The van der Waals surface area contributed by atoms with Gasteiger partial charge in [-0.25, -0.2) is 0 Å². The van der Waals surface area contributed by atoms with E-state index in [0.29, 0.717) is 16.6 Å². The van der Waals surface area contributed by atoms with Gasteiger partial charge in [-0.05, 0) is 30.2 Å². The molecule has 3 rings (SSSR count). The molecule has 0 aliphatic carbocycles. The van der Waals surface area contributed by atoms with Gasteiger partial charge in [-0.1, -0.05) is 71.7 Å². The Kier molecular flexibility index (Phi) is 7.12. The Balaban J connectivity index is 0.00000225. The van der Waals surface area contributed by atoms with E-state index in [9.17, 15) is 5.11 Å². The van der Waals surface area contributed by atoms with Crippen LogP contribution in [-0.4, -0.2) is 11.1 Å². The van der Waals surface area contributed by atoms with Crippen molar-refractivity contribution < 1.29 is 5.11 Å². The molecule has 0 bridgehead atoms. The van der Waals surface area contributed by atoms with E-state index >= 15 is 0 Å². The minimum atomic E-state index is -0.569. The van der Waals surface area contributed by atoms with E-state index in [1.54, 1.807) is 0 Å². The zero-order valence-corrected chi connectivity index (χ0v) is 16.1. The van der Waals surface area contributed by atoms with E-state index in [2.05, 4.69) is 5.32 Å². The van der Waals surface area contributed by atoms with Gasteiger partial charge in [0, 0.05) is 33.4 Å². The van der Waals surface area contributed by atoms with Crippen LogP contribution in [0.3, 0.4) is 0 Å². The number of nitrogens with one attached hydrogen (secondary N) is 1. The van der Waals surface area contributed by atoms with E-state index < -0.39 is 6.10 Å². The van der Waals surface area contributed by atoms with Crippen LogP contribution in [0.1, 0.15) is 24.2 Å². The van der Waals surface area contributed by atoms with Gasteiger partial charge >= 0.3 is 0 Å². The summed E-state index contributed by atoms with van der Waals surface area (Å²) in [4.78, 5) is 0. The first-order valence-electron chi connectivity index (χ1n) is 7.90. The molecule has 3 aromatic carbocycles. The second kappa shape index (κ2) is 8.88. The smallest absolute Gasteiger partial charge is 0.0940 e. The molecule has 0 amide bonds. The maximum atomic E-state index is 10.5. The summed E-state index contributed by atoms with van der Waals surface area (Å²) in [5, 5.41) is 17.1. The zero-order valence-electron chi connectivity index (χ0n) is 13.7. The van der Waals surface area contributed by atoms with Crippen molar-refractivity contribution in [2.75, 3.05) is 0 Å². The molecular weight excluding hydrogens is 377 g/mol. The van der Waals surface area contributed by atoms with Crippen LogP contribution < -0.4 is 5.32 Å². The summed E-state index contributed by atoms with van der Waals surface area (Å²) in [6.45, 7) is 2.57. The van der Waals surface area contributed by atoms with Crippen molar-refractivity contribution in [3.8, 4) is 0 Å². The van der Waals surface area contributed by atoms with E-state index in [0.717, 1.165) is 21.9 Å². The molecule has 2 unspecified atom stereocenters. The molecule has 2 N–H and O–H groups in total. The lowest BCUT2D eigenvalue weighted by Gasteiger charge is -2.21. The summed E-state index contributed by atoms with van der Waals surface area (Å²) < 4.78 is 0. The van der Waals surface area contributed by atoms with Crippen molar-refractivity contribution in [3.05, 3.63) is 81.8 Å². The molecule has 5 heteroatoms. The van der Waals surface area contributed by atoms with Crippen molar-refractivity contribution in [1.82, 2.24) is 5.32 Å². The Morgan fingerprint density at radius 1 is 0.920 bits per heavy atom. The van der Waals surface area contributed by atoms with E-state index in [1.165, 1.54) is 0 Å². The molecule has 0 saturated carbocycles. The SMILES string of the molecule is CC(NCc1cccc2c(Cl)ccc(Cl)c12)C(O)c1ccccc1.Cl. The summed E-state index contributed by atoms with van der Waals surface area (Å²) in [5.74, 6) is 0. The fourth-order valence-corrected chi connectivity index (χ4v) is 3.38. The summed E-state index contributed by atoms with van der Waals surface area (Å²) in [6.07, 6.45) is -0.569. The summed E-state index contributed by atoms with van der Waals surface area (Å²) >= 11 is 12.6. The number of halogens is 3. The normalized spacial score (nSPS) is 13.3. The molecule has 0 heterocycles. The molecule has 0 saturated heterocycles. The van der Waals surface area contributed by atoms with Crippen LogP contribution in [0.15, 0.2) is 60.7 Å². The average Bonchev–Trinajstić information content (AvgIpc) is 2.62. The lowest BCUT2D eigenvalue weighted by Crippen LogP contribution is -2.31. The molecular formula is C20H20Cl3NO. The quantitative estimate of drug-likeness (QED) is 0.573. The van der Waals surface area contributed by atoms with E-state index in [1.807, 2.05) is 67.6 Å². The first-order valence-corrected chi connectivity index (χ1v) is 8.65. The standard InChI is InChI=1S/C20H19Cl2NO.ClH/c1-13(20(24)14-6-3-2-4-7-14)23-12-15-8-5-9-16-17(21)10-11-18(22)19(15)16;/h2-11,13,20,23-24H,12H2,1H3;1H. The average molecular weight is 397 g/mol. The first-order chi connectivity index (χ1) is 11.6. The Hall–Kier alpha value is -1.29. The highest BCUT2D eigenvalue weighted by molar-refractivity contribution is 6.40. The van der Waals surface area contributed by atoms with Gasteiger partial charge in [-0.15, -0.1) is 12.4 Å². The van der Waals surface area contributed by atoms with Gasteiger partial charge in [0.05, 0.1) is 6.10 Å². The lowest BCUT2D eigenvalue weighted by atomic mass is 10.0. The molecule has 0 fully saturated rings. The molecule has 0 aliphatic heterocycles. The van der Waals surface area contributed by atoms with Crippen LogP contribution in [0.5, 0.6) is 0 Å². The molecule has 2 nitrogen and oxygen atoms in total. The van der Waals surface area contributed by atoms with Crippen LogP contribution in [0, 0.1) is 0 Å². The van der Waals surface area contributed by atoms with Gasteiger partial charge in [0.1, 0.15) is 0 Å². The Morgan fingerprint density at radius 2 is 1.60 bits per heavy atom. The van der Waals surface area contributed by atoms with Crippen molar-refractivity contribution in [2.45, 2.75) is 25.6 Å². The maximum Gasteiger partial charge on any atom is 0.0940 e. The number of hydrogen-bond donors (Lipinski definition) is 2. The summed E-state index contributed by atoms with van der Waals surface area (Å²) in [6, 6.07) is 19.2. The predicted octanol–water partition coefficient (Wildman–Crippen LogP) is 5.78. The van der Waals surface area contributed by atoms with Crippen LogP contribution in [0.2, 0.25) is 10.0 Å². The van der Waals surface area contributed by atoms with E-state index in [4.69, 9.17) is 23.2 Å². The molecule has 0 aliphatic rings. The van der Waals surface area contributed by atoms with Gasteiger partial charge in [-0.2, -0.15) is 0 Å². The number of aliphatic hydroxyl groups excluding tert-OH is 1. The van der Waals surface area contributed by atoms with Gasteiger partial charge in [0.25, 0.3) is 0 Å². The monoisotopic (exact) mass is 395 g/mol. The third-order valence-corrected chi connectivity index (χ3v) is 4.90. The lowest BCUT2D eigenvalue weighted by molar-refractivity contribution is 0.135. The van der Waals surface area contributed by atoms with Crippen LogP contribution >= 0.6 is 35.6 Å².